The van der Waals surface area contributed by atoms with Crippen molar-refractivity contribution in [2.75, 3.05) is 14.2 Å². The van der Waals surface area contributed by atoms with E-state index in [0.717, 1.165) is 61.3 Å². The van der Waals surface area contributed by atoms with Crippen molar-refractivity contribution in [1.82, 2.24) is 10.4 Å². The summed E-state index contributed by atoms with van der Waals surface area (Å²) in [6.45, 7) is 16.2. The van der Waals surface area contributed by atoms with E-state index in [1.807, 2.05) is 97.1 Å². The van der Waals surface area contributed by atoms with Crippen LogP contribution >= 0.6 is 0 Å². The fraction of sp³-hybridized carbons (Fsp3) is 0.562. The Morgan fingerprint density at radius 3 is 1.92 bits per heavy atom. The number of hydrazine groups is 1. The van der Waals surface area contributed by atoms with Gasteiger partial charge >= 0.3 is 6.09 Å². The number of fused-ring (bicyclic) bond motifs is 5. The summed E-state index contributed by atoms with van der Waals surface area (Å²) in [6, 6.07) is 32.9. The second-order valence-corrected chi connectivity index (χ2v) is 23.2. The molecule has 3 saturated carbocycles. The molecule has 4 unspecified atom stereocenters. The molecule has 0 heterocycles. The zero-order valence-corrected chi connectivity index (χ0v) is 45.5. The number of nitrogens with one attached hydrogen (secondary N) is 1. The molecule has 4 aliphatic rings. The van der Waals surface area contributed by atoms with Crippen LogP contribution in [0, 0.1) is 46.3 Å². The maximum absolute atomic E-state index is 14.7. The first-order chi connectivity index (χ1) is 35.1. The number of benzene rings is 4. The summed E-state index contributed by atoms with van der Waals surface area (Å²) in [5.41, 5.74) is 5.88. The number of rotatable bonds is 20. The van der Waals surface area contributed by atoms with E-state index in [0.29, 0.717) is 58.3 Å². The molecule has 4 aromatic rings. The highest BCUT2D eigenvalue weighted by molar-refractivity contribution is 5.80. The zero-order valence-electron chi connectivity index (χ0n) is 45.5. The monoisotopic (exact) mass is 995 g/mol. The number of carbonyl (C=O) groups is 2. The second kappa shape index (κ2) is 23.2. The van der Waals surface area contributed by atoms with Crippen molar-refractivity contribution in [3.8, 4) is 11.5 Å². The number of allylic oxidation sites excluding steroid dienone is 1. The van der Waals surface area contributed by atoms with Gasteiger partial charge in [0, 0.05) is 18.4 Å². The lowest BCUT2D eigenvalue weighted by Gasteiger charge is -2.58. The van der Waals surface area contributed by atoms with Crippen molar-refractivity contribution in [2.24, 2.45) is 46.3 Å². The Balaban J connectivity index is 1.07. The highest BCUT2D eigenvalue weighted by Gasteiger charge is 2.59. The molecule has 0 aromatic heterocycles. The van der Waals surface area contributed by atoms with E-state index < -0.39 is 23.5 Å². The Kier molecular flexibility index (Phi) is 17.2. The predicted molar refractivity (Wildman–Crippen MR) is 291 cm³/mol. The summed E-state index contributed by atoms with van der Waals surface area (Å²) < 4.78 is 25.1. The van der Waals surface area contributed by atoms with Crippen LogP contribution in [0.15, 0.2) is 121 Å². The second-order valence-electron chi connectivity index (χ2n) is 23.2. The highest BCUT2D eigenvalue weighted by Crippen LogP contribution is 2.67. The molecule has 9 nitrogen and oxygen atoms in total. The van der Waals surface area contributed by atoms with Gasteiger partial charge in [0.05, 0.1) is 14.2 Å². The zero-order chi connectivity index (χ0) is 52.0. The molecule has 0 radical (unpaired) electrons. The van der Waals surface area contributed by atoms with Crippen LogP contribution in [-0.4, -0.2) is 48.5 Å². The van der Waals surface area contributed by atoms with Crippen molar-refractivity contribution in [2.45, 2.75) is 168 Å². The number of ether oxygens (including phenoxy) is 4. The number of carbonyl (C=O) groups excluding carboxylic acids is 2. The van der Waals surface area contributed by atoms with Gasteiger partial charge in [0.1, 0.15) is 29.2 Å². The van der Waals surface area contributed by atoms with Crippen LogP contribution in [0.3, 0.4) is 0 Å². The Hall–Kier alpha value is -5.12. The van der Waals surface area contributed by atoms with Crippen LogP contribution in [0.1, 0.15) is 167 Å². The van der Waals surface area contributed by atoms with Crippen LogP contribution in [0.5, 0.6) is 11.5 Å². The molecule has 0 aliphatic heterocycles. The molecule has 2 N–H and O–H groups in total. The third-order valence-electron chi connectivity index (χ3n) is 18.6. The molecule has 0 spiro atoms. The lowest BCUT2D eigenvalue weighted by molar-refractivity contribution is -0.287. The summed E-state index contributed by atoms with van der Waals surface area (Å²) in [7, 11) is 3.25. The third kappa shape index (κ3) is 11.0. The van der Waals surface area contributed by atoms with E-state index >= 15 is 0 Å². The number of methoxy groups -OCH3 is 2. The molecule has 2 amide bonds. The molecular weight excluding hydrogens is 909 g/mol. The van der Waals surface area contributed by atoms with Crippen LogP contribution < -0.4 is 14.9 Å². The van der Waals surface area contributed by atoms with Crippen LogP contribution in [0.2, 0.25) is 0 Å². The van der Waals surface area contributed by atoms with Crippen molar-refractivity contribution < 1.29 is 33.6 Å². The predicted octanol–water partition coefficient (Wildman–Crippen LogP) is 14.7. The van der Waals surface area contributed by atoms with Crippen LogP contribution in [0.4, 0.5) is 4.79 Å². The van der Waals surface area contributed by atoms with Gasteiger partial charge in [0.15, 0.2) is 0 Å². The van der Waals surface area contributed by atoms with Gasteiger partial charge in [0.2, 0.25) is 11.7 Å². The van der Waals surface area contributed by atoms with Crippen molar-refractivity contribution in [3.05, 3.63) is 143 Å². The fourth-order valence-electron chi connectivity index (χ4n) is 14.5. The molecule has 4 aromatic carbocycles. The lowest BCUT2D eigenvalue weighted by atomic mass is 9.47. The quantitative estimate of drug-likeness (QED) is 0.0299. The average Bonchev–Trinajstić information content (AvgIpc) is 3.77. The summed E-state index contributed by atoms with van der Waals surface area (Å²) in [5, 5.41) is 15.0. The molecule has 3 fully saturated rings. The summed E-state index contributed by atoms with van der Waals surface area (Å²) in [5.74, 6) is 3.19. The summed E-state index contributed by atoms with van der Waals surface area (Å²) in [4.78, 5) is 29.2. The molecule has 0 saturated heterocycles. The maximum atomic E-state index is 14.7. The Labute approximate surface area is 437 Å². The summed E-state index contributed by atoms with van der Waals surface area (Å²) >= 11 is 0. The molecule has 73 heavy (non-hydrogen) atoms. The fourth-order valence-corrected chi connectivity index (χ4v) is 14.5. The van der Waals surface area contributed by atoms with Gasteiger partial charge in [-0.05, 0) is 146 Å². The molecule has 0 bridgehead atoms. The van der Waals surface area contributed by atoms with E-state index in [9.17, 15) is 14.7 Å². The number of hydrogen-bond donors (Lipinski definition) is 2. The molecule has 8 rings (SSSR count). The van der Waals surface area contributed by atoms with Gasteiger partial charge < -0.3 is 24.1 Å². The lowest BCUT2D eigenvalue weighted by Crippen LogP contribution is -2.61. The van der Waals surface area contributed by atoms with Crippen molar-refractivity contribution in [3.63, 3.8) is 0 Å². The molecule has 10 atom stereocenters. The van der Waals surface area contributed by atoms with Gasteiger partial charge in [-0.15, -0.1) is 0 Å². The minimum Gasteiger partial charge on any atom is -0.497 e. The Morgan fingerprint density at radius 1 is 0.726 bits per heavy atom. The van der Waals surface area contributed by atoms with Gasteiger partial charge in [-0.25, -0.2) is 15.2 Å². The van der Waals surface area contributed by atoms with Gasteiger partial charge in [-0.2, -0.15) is 0 Å². The van der Waals surface area contributed by atoms with Crippen LogP contribution in [0.25, 0.3) is 0 Å². The Morgan fingerprint density at radius 2 is 1.33 bits per heavy atom. The number of nitrogens with zero attached hydrogens (tertiary/aromatic N) is 1. The highest BCUT2D eigenvalue weighted by atomic mass is 16.6. The molecule has 394 valence electrons. The van der Waals surface area contributed by atoms with E-state index in [1.165, 1.54) is 55.5 Å². The van der Waals surface area contributed by atoms with E-state index in [2.05, 4.69) is 53.0 Å². The van der Waals surface area contributed by atoms with Crippen LogP contribution in [-0.2, 0) is 25.7 Å². The standard InChI is InChI=1S/C64H86N2O7/c1-10-11-14-26-59(67)66(65-60(68)72-54-39-41-61(6)51(43-54)31-36-55-57-38-37-56(45(4)21-19-20-44(2)3)62(57,7)42-40-58(55)61)46(5)64(69,50-24-17-13-18-25-50)73-63(47-22-15-12-16-23-47,48-27-32-52(70-8)33-28-48)49-29-34-53(71-9)35-30-49/h12-13,15-18,22-25,27-35,44-46,54-58,69H,10-11,14,19-21,26,36-43H2,1-9H3,(H,65,68)/t45-,46+,54?,55?,56-,57?,58?,61+,62-,64+/m1/s1. The normalized spacial score (nSPS) is 26.2. The molecular formula is C64H86N2O7. The Bertz CT molecular complexity index is 2410. The van der Waals surface area contributed by atoms with E-state index in [1.54, 1.807) is 33.3 Å². The third-order valence-corrected chi connectivity index (χ3v) is 18.6. The number of unbranched alkanes of at least 4 members (excludes halogenated alkanes) is 2. The van der Waals surface area contributed by atoms with Gasteiger partial charge in [-0.3, -0.25) is 4.79 Å². The minimum atomic E-state index is -2.25. The minimum absolute atomic E-state index is 0.0832. The number of aliphatic hydroxyl groups is 1. The smallest absolute Gasteiger partial charge is 0.426 e. The average molecular weight is 995 g/mol. The largest absolute Gasteiger partial charge is 0.497 e. The van der Waals surface area contributed by atoms with E-state index in [4.69, 9.17) is 18.9 Å². The van der Waals surface area contributed by atoms with Crippen molar-refractivity contribution in [1.29, 1.82) is 0 Å². The van der Waals surface area contributed by atoms with Crippen molar-refractivity contribution >= 4 is 12.0 Å². The van der Waals surface area contributed by atoms with Gasteiger partial charge in [0.25, 0.3) is 0 Å². The molecule has 4 aliphatic carbocycles. The first-order valence-corrected chi connectivity index (χ1v) is 27.9. The topological polar surface area (TPSA) is 107 Å². The SMILES string of the molecule is CCCCCC(=O)N(NC(=O)OC1CC[C@@]2(C)C(=CCC3C2CC[C@@]2(C)C3CC[C@@H]2[C@H](C)CCCC(C)C)C1)[C@@H](C)[C@](O)(OC(c1ccccc1)(c1ccc(OC)cc1)c1ccc(OC)cc1)c1ccccc1. The summed E-state index contributed by atoms with van der Waals surface area (Å²) in [6.07, 6.45) is 16.8. The first-order valence-electron chi connectivity index (χ1n) is 27.9. The number of hydrogen-bond acceptors (Lipinski definition) is 7. The molecule has 9 heteroatoms. The number of amides is 2. The first kappa shape index (κ1) is 54.2. The van der Waals surface area contributed by atoms with Gasteiger partial charge in [-0.1, -0.05) is 170 Å². The maximum Gasteiger partial charge on any atom is 0.426 e. The van der Waals surface area contributed by atoms with E-state index in [-0.39, 0.29) is 23.8 Å².